The molecule has 1 aliphatic heterocycles. The van der Waals surface area contributed by atoms with E-state index < -0.39 is 0 Å². The van der Waals surface area contributed by atoms with Crippen molar-refractivity contribution >= 4 is 5.82 Å². The quantitative estimate of drug-likeness (QED) is 0.776. The molecule has 1 aromatic heterocycles. The van der Waals surface area contributed by atoms with Crippen LogP contribution in [0.5, 0.6) is 0 Å². The van der Waals surface area contributed by atoms with Crippen molar-refractivity contribution in [1.29, 1.82) is 0 Å². The molecular formula is C10H18N4. The first-order valence-corrected chi connectivity index (χ1v) is 5.34. The Labute approximate surface area is 84.7 Å². The van der Waals surface area contributed by atoms with Crippen LogP contribution < -0.4 is 5.73 Å². The summed E-state index contributed by atoms with van der Waals surface area (Å²) in [6.45, 7) is 4.80. The molecule has 1 aliphatic rings. The number of aryl methyl sites for hydroxylation is 1. The highest BCUT2D eigenvalue weighted by atomic mass is 15.1. The maximum absolute atomic E-state index is 5.53. The molecule has 2 heterocycles. The average molecular weight is 194 g/mol. The fourth-order valence-electron chi connectivity index (χ4n) is 1.98. The van der Waals surface area contributed by atoms with Gasteiger partial charge in [-0.3, -0.25) is 0 Å². The number of hydrogen-bond acceptors (Lipinski definition) is 3. The van der Waals surface area contributed by atoms with Gasteiger partial charge in [0.2, 0.25) is 0 Å². The molecule has 2 rings (SSSR count). The third-order valence-corrected chi connectivity index (χ3v) is 2.74. The molecule has 0 aromatic carbocycles. The topological polar surface area (TPSA) is 47.1 Å². The number of anilines is 1. The largest absolute Gasteiger partial charge is 0.382 e. The molecule has 0 bridgehead atoms. The molecule has 1 saturated heterocycles. The second-order valence-electron chi connectivity index (χ2n) is 3.94. The van der Waals surface area contributed by atoms with Crippen molar-refractivity contribution in [2.24, 2.45) is 0 Å². The number of aromatic nitrogens is 2. The molecule has 0 atom stereocenters. The lowest BCUT2D eigenvalue weighted by Gasteiger charge is -2.13. The minimum Gasteiger partial charge on any atom is -0.382 e. The van der Waals surface area contributed by atoms with Crippen LogP contribution in [0.1, 0.15) is 19.3 Å². The SMILES string of the molecule is Nc1cn(CCCN2CCCC2)cn1. The second-order valence-corrected chi connectivity index (χ2v) is 3.94. The van der Waals surface area contributed by atoms with Crippen molar-refractivity contribution in [2.45, 2.75) is 25.8 Å². The summed E-state index contributed by atoms with van der Waals surface area (Å²) in [5, 5.41) is 0. The van der Waals surface area contributed by atoms with E-state index in [0.29, 0.717) is 5.82 Å². The molecule has 0 unspecified atom stereocenters. The molecule has 14 heavy (non-hydrogen) atoms. The van der Waals surface area contributed by atoms with Crippen LogP contribution in [0.15, 0.2) is 12.5 Å². The third kappa shape index (κ3) is 2.48. The van der Waals surface area contributed by atoms with Gasteiger partial charge in [-0.25, -0.2) is 4.98 Å². The molecule has 0 spiro atoms. The van der Waals surface area contributed by atoms with E-state index in [2.05, 4.69) is 14.5 Å². The molecule has 1 aromatic rings. The third-order valence-electron chi connectivity index (χ3n) is 2.74. The van der Waals surface area contributed by atoms with Gasteiger partial charge >= 0.3 is 0 Å². The maximum Gasteiger partial charge on any atom is 0.141 e. The van der Waals surface area contributed by atoms with Crippen LogP contribution >= 0.6 is 0 Å². The Balaban J connectivity index is 1.67. The van der Waals surface area contributed by atoms with Gasteiger partial charge in [0.1, 0.15) is 5.82 Å². The zero-order chi connectivity index (χ0) is 9.80. The Morgan fingerprint density at radius 1 is 1.29 bits per heavy atom. The van der Waals surface area contributed by atoms with E-state index in [-0.39, 0.29) is 0 Å². The predicted octanol–water partition coefficient (Wildman–Crippen LogP) is 0.951. The Bertz CT molecular complexity index is 275. The summed E-state index contributed by atoms with van der Waals surface area (Å²) in [6, 6.07) is 0. The lowest BCUT2D eigenvalue weighted by Crippen LogP contribution is -2.21. The molecule has 4 heteroatoms. The molecule has 2 N–H and O–H groups in total. The van der Waals surface area contributed by atoms with Crippen LogP contribution in [-0.2, 0) is 6.54 Å². The number of likely N-dealkylation sites (tertiary alicyclic amines) is 1. The highest BCUT2D eigenvalue weighted by Crippen LogP contribution is 2.08. The first-order chi connectivity index (χ1) is 6.84. The summed E-state index contributed by atoms with van der Waals surface area (Å²) in [6.07, 6.45) is 7.63. The summed E-state index contributed by atoms with van der Waals surface area (Å²) in [5.41, 5.74) is 5.53. The van der Waals surface area contributed by atoms with E-state index in [1.54, 1.807) is 6.33 Å². The Hall–Kier alpha value is -1.03. The van der Waals surface area contributed by atoms with Crippen molar-refractivity contribution in [1.82, 2.24) is 14.5 Å². The van der Waals surface area contributed by atoms with Crippen molar-refractivity contribution in [2.75, 3.05) is 25.4 Å². The monoisotopic (exact) mass is 194 g/mol. The lowest BCUT2D eigenvalue weighted by molar-refractivity contribution is 0.325. The van der Waals surface area contributed by atoms with Gasteiger partial charge < -0.3 is 15.2 Å². The smallest absolute Gasteiger partial charge is 0.141 e. The molecular weight excluding hydrogens is 176 g/mol. The van der Waals surface area contributed by atoms with Crippen LogP contribution in [-0.4, -0.2) is 34.1 Å². The molecule has 78 valence electrons. The molecule has 4 nitrogen and oxygen atoms in total. The van der Waals surface area contributed by atoms with Gasteiger partial charge in [-0.15, -0.1) is 0 Å². The Morgan fingerprint density at radius 2 is 2.07 bits per heavy atom. The average Bonchev–Trinajstić information content (AvgIpc) is 2.77. The molecule has 0 saturated carbocycles. The van der Waals surface area contributed by atoms with Crippen molar-refractivity contribution in [3.63, 3.8) is 0 Å². The predicted molar refractivity (Wildman–Crippen MR) is 56.9 cm³/mol. The van der Waals surface area contributed by atoms with Gasteiger partial charge in [0.05, 0.1) is 6.33 Å². The molecule has 0 radical (unpaired) electrons. The van der Waals surface area contributed by atoms with Gasteiger partial charge in [-0.1, -0.05) is 0 Å². The van der Waals surface area contributed by atoms with Gasteiger partial charge in [-0.05, 0) is 38.9 Å². The zero-order valence-corrected chi connectivity index (χ0v) is 8.52. The standard InChI is InChI=1S/C10H18N4/c11-10-8-14(9-12-10)7-3-6-13-4-1-2-5-13/h8-9H,1-7,11H2. The number of nitrogens with two attached hydrogens (primary N) is 1. The number of nitrogens with zero attached hydrogens (tertiary/aromatic N) is 3. The Morgan fingerprint density at radius 3 is 2.71 bits per heavy atom. The van der Waals surface area contributed by atoms with Gasteiger partial charge in [0.25, 0.3) is 0 Å². The first kappa shape index (κ1) is 9.52. The van der Waals surface area contributed by atoms with Crippen LogP contribution in [0.4, 0.5) is 5.82 Å². The summed E-state index contributed by atoms with van der Waals surface area (Å²) in [5.74, 6) is 0.617. The highest BCUT2D eigenvalue weighted by molar-refractivity contribution is 5.22. The summed E-state index contributed by atoms with van der Waals surface area (Å²) >= 11 is 0. The minimum atomic E-state index is 0.617. The van der Waals surface area contributed by atoms with E-state index in [9.17, 15) is 0 Å². The first-order valence-electron chi connectivity index (χ1n) is 5.34. The van der Waals surface area contributed by atoms with Gasteiger partial charge in [0, 0.05) is 12.7 Å². The van der Waals surface area contributed by atoms with Crippen LogP contribution in [0.3, 0.4) is 0 Å². The summed E-state index contributed by atoms with van der Waals surface area (Å²) in [7, 11) is 0. The highest BCUT2D eigenvalue weighted by Gasteiger charge is 2.10. The van der Waals surface area contributed by atoms with Crippen molar-refractivity contribution in [3.05, 3.63) is 12.5 Å². The fraction of sp³-hybridized carbons (Fsp3) is 0.700. The molecule has 0 aliphatic carbocycles. The maximum atomic E-state index is 5.53. The number of hydrogen-bond donors (Lipinski definition) is 1. The van der Waals surface area contributed by atoms with E-state index in [1.807, 2.05) is 6.20 Å². The second kappa shape index (κ2) is 4.46. The van der Waals surface area contributed by atoms with Gasteiger partial charge in [-0.2, -0.15) is 0 Å². The van der Waals surface area contributed by atoms with Crippen molar-refractivity contribution < 1.29 is 0 Å². The number of rotatable bonds is 4. The van der Waals surface area contributed by atoms with E-state index in [1.165, 1.54) is 38.9 Å². The number of imidazole rings is 1. The zero-order valence-electron chi connectivity index (χ0n) is 8.52. The number of nitrogen functional groups attached to an aromatic ring is 1. The van der Waals surface area contributed by atoms with Crippen molar-refractivity contribution in [3.8, 4) is 0 Å². The summed E-state index contributed by atoms with van der Waals surface area (Å²) < 4.78 is 2.06. The molecule has 1 fully saturated rings. The minimum absolute atomic E-state index is 0.617. The Kier molecular flexibility index (Phi) is 3.03. The van der Waals surface area contributed by atoms with Crippen LogP contribution in [0.2, 0.25) is 0 Å². The van der Waals surface area contributed by atoms with Gasteiger partial charge in [0.15, 0.2) is 0 Å². The van der Waals surface area contributed by atoms with Crippen LogP contribution in [0.25, 0.3) is 0 Å². The fourth-order valence-corrected chi connectivity index (χ4v) is 1.98. The van der Waals surface area contributed by atoms with Crippen LogP contribution in [0, 0.1) is 0 Å². The van der Waals surface area contributed by atoms with E-state index in [0.717, 1.165) is 6.54 Å². The van der Waals surface area contributed by atoms with E-state index >= 15 is 0 Å². The molecule has 0 amide bonds. The summed E-state index contributed by atoms with van der Waals surface area (Å²) in [4.78, 5) is 6.52. The van der Waals surface area contributed by atoms with E-state index in [4.69, 9.17) is 5.73 Å². The lowest BCUT2D eigenvalue weighted by atomic mass is 10.4. The normalized spacial score (nSPS) is 17.7.